The van der Waals surface area contributed by atoms with E-state index < -0.39 is 11.4 Å². The molecule has 0 aliphatic rings. The second kappa shape index (κ2) is 5.41. The first-order valence-corrected chi connectivity index (χ1v) is 7.01. The quantitative estimate of drug-likeness (QED) is 0.731. The van der Waals surface area contributed by atoms with Gasteiger partial charge in [-0.05, 0) is 46.6 Å². The van der Waals surface area contributed by atoms with Crippen molar-refractivity contribution in [2.75, 3.05) is 0 Å². The zero-order valence-electron chi connectivity index (χ0n) is 9.92. The molecular formula is C14H10BrCl2FO. The molecule has 0 aliphatic carbocycles. The van der Waals surface area contributed by atoms with Crippen LogP contribution in [0.4, 0.5) is 4.39 Å². The summed E-state index contributed by atoms with van der Waals surface area (Å²) in [6.45, 7) is 1.50. The van der Waals surface area contributed by atoms with E-state index >= 15 is 0 Å². The van der Waals surface area contributed by atoms with Crippen molar-refractivity contribution in [3.05, 3.63) is 67.9 Å². The minimum absolute atomic E-state index is 0.0557. The molecule has 0 bridgehead atoms. The molecule has 0 aromatic heterocycles. The van der Waals surface area contributed by atoms with Crippen LogP contribution in [0, 0.1) is 5.82 Å². The molecule has 0 amide bonds. The van der Waals surface area contributed by atoms with Gasteiger partial charge in [-0.15, -0.1) is 0 Å². The lowest BCUT2D eigenvalue weighted by atomic mass is 9.88. The molecule has 1 unspecified atom stereocenters. The summed E-state index contributed by atoms with van der Waals surface area (Å²) in [5, 5.41) is 11.0. The molecule has 0 spiro atoms. The van der Waals surface area contributed by atoms with Gasteiger partial charge in [-0.2, -0.15) is 0 Å². The van der Waals surface area contributed by atoms with Crippen LogP contribution in [0.3, 0.4) is 0 Å². The van der Waals surface area contributed by atoms with Gasteiger partial charge in [0.05, 0.1) is 5.02 Å². The Balaban J connectivity index is 2.60. The van der Waals surface area contributed by atoms with E-state index in [1.165, 1.54) is 13.0 Å². The summed E-state index contributed by atoms with van der Waals surface area (Å²) in [6, 6.07) is 9.75. The van der Waals surface area contributed by atoms with Crippen LogP contribution in [0.25, 0.3) is 0 Å². The topological polar surface area (TPSA) is 20.2 Å². The fraction of sp³-hybridized carbons (Fsp3) is 0.143. The zero-order valence-corrected chi connectivity index (χ0v) is 13.0. The van der Waals surface area contributed by atoms with Gasteiger partial charge in [-0.25, -0.2) is 4.39 Å². The predicted molar refractivity (Wildman–Crippen MR) is 79.2 cm³/mol. The average molecular weight is 364 g/mol. The second-order valence-electron chi connectivity index (χ2n) is 4.31. The maximum absolute atomic E-state index is 14.2. The summed E-state index contributed by atoms with van der Waals surface area (Å²) < 4.78 is 14.6. The van der Waals surface area contributed by atoms with Gasteiger partial charge in [0.2, 0.25) is 0 Å². The number of halogens is 4. The molecule has 2 aromatic carbocycles. The van der Waals surface area contributed by atoms with Gasteiger partial charge < -0.3 is 5.11 Å². The monoisotopic (exact) mass is 362 g/mol. The highest BCUT2D eigenvalue weighted by molar-refractivity contribution is 9.10. The van der Waals surface area contributed by atoms with Crippen LogP contribution in [0.15, 0.2) is 40.9 Å². The molecule has 1 N–H and O–H groups in total. The summed E-state index contributed by atoms with van der Waals surface area (Å²) in [7, 11) is 0. The molecule has 0 aliphatic heterocycles. The highest BCUT2D eigenvalue weighted by Gasteiger charge is 2.30. The molecule has 0 heterocycles. The Morgan fingerprint density at radius 2 is 1.89 bits per heavy atom. The highest BCUT2D eigenvalue weighted by Crippen LogP contribution is 2.36. The molecule has 2 aromatic rings. The lowest BCUT2D eigenvalue weighted by Gasteiger charge is -2.25. The maximum atomic E-state index is 14.2. The van der Waals surface area contributed by atoms with Gasteiger partial charge >= 0.3 is 0 Å². The number of aliphatic hydroxyl groups is 1. The van der Waals surface area contributed by atoms with Crippen LogP contribution < -0.4 is 0 Å². The van der Waals surface area contributed by atoms with Crippen LogP contribution in [0.5, 0.6) is 0 Å². The van der Waals surface area contributed by atoms with E-state index in [4.69, 9.17) is 23.2 Å². The van der Waals surface area contributed by atoms with Gasteiger partial charge in [0, 0.05) is 15.1 Å². The average Bonchev–Trinajstić information content (AvgIpc) is 2.36. The van der Waals surface area contributed by atoms with Gasteiger partial charge in [-0.1, -0.05) is 41.4 Å². The van der Waals surface area contributed by atoms with Crippen LogP contribution in [-0.2, 0) is 5.60 Å². The first-order valence-electron chi connectivity index (χ1n) is 5.46. The lowest BCUT2D eigenvalue weighted by Crippen LogP contribution is -2.24. The molecular weight excluding hydrogens is 354 g/mol. The maximum Gasteiger partial charge on any atom is 0.149 e. The van der Waals surface area contributed by atoms with Gasteiger partial charge in [0.15, 0.2) is 0 Å². The number of benzene rings is 2. The van der Waals surface area contributed by atoms with E-state index in [-0.39, 0.29) is 10.6 Å². The van der Waals surface area contributed by atoms with Crippen molar-refractivity contribution in [1.29, 1.82) is 0 Å². The van der Waals surface area contributed by atoms with Crippen molar-refractivity contribution in [1.82, 2.24) is 0 Å². The first kappa shape index (κ1) is 14.8. The third-order valence-corrected chi connectivity index (χ3v) is 4.44. The van der Waals surface area contributed by atoms with E-state index in [0.717, 1.165) is 0 Å². The predicted octanol–water partition coefficient (Wildman–Crippen LogP) is 5.15. The Kier molecular flexibility index (Phi) is 4.21. The van der Waals surface area contributed by atoms with Crippen molar-refractivity contribution < 1.29 is 9.50 Å². The largest absolute Gasteiger partial charge is 0.381 e. The molecule has 1 atom stereocenters. The fourth-order valence-corrected chi connectivity index (χ4v) is 2.51. The normalized spacial score (nSPS) is 14.2. The summed E-state index contributed by atoms with van der Waals surface area (Å²) in [6.07, 6.45) is 0. The second-order valence-corrected chi connectivity index (χ2v) is 5.97. The molecule has 0 radical (unpaired) electrons. The van der Waals surface area contributed by atoms with Crippen LogP contribution >= 0.6 is 39.1 Å². The Morgan fingerprint density at radius 1 is 1.21 bits per heavy atom. The number of hydrogen-bond acceptors (Lipinski definition) is 1. The molecule has 100 valence electrons. The number of rotatable bonds is 2. The highest BCUT2D eigenvalue weighted by atomic mass is 79.9. The van der Waals surface area contributed by atoms with Crippen molar-refractivity contribution in [2.24, 2.45) is 0 Å². The number of hydrogen-bond donors (Lipinski definition) is 1. The third kappa shape index (κ3) is 2.79. The summed E-state index contributed by atoms with van der Waals surface area (Å²) in [4.78, 5) is 0. The molecule has 1 nitrogen and oxygen atoms in total. The SMILES string of the molecule is CC(O)(c1cccc(Cl)c1)c1ccc(Br)c(Cl)c1F. The third-order valence-electron chi connectivity index (χ3n) is 2.95. The Bertz CT molecular complexity index is 629. The summed E-state index contributed by atoms with van der Waals surface area (Å²) in [5.74, 6) is -0.652. The molecule has 0 saturated carbocycles. The summed E-state index contributed by atoms with van der Waals surface area (Å²) >= 11 is 14.9. The molecule has 0 saturated heterocycles. The molecule has 19 heavy (non-hydrogen) atoms. The van der Waals surface area contributed by atoms with E-state index in [1.807, 2.05) is 0 Å². The molecule has 2 rings (SSSR count). The van der Waals surface area contributed by atoms with Crippen molar-refractivity contribution >= 4 is 39.1 Å². The van der Waals surface area contributed by atoms with Crippen molar-refractivity contribution in [3.63, 3.8) is 0 Å². The first-order chi connectivity index (χ1) is 8.84. The van der Waals surface area contributed by atoms with E-state index in [1.54, 1.807) is 30.3 Å². The van der Waals surface area contributed by atoms with E-state index in [9.17, 15) is 9.50 Å². The minimum Gasteiger partial charge on any atom is -0.381 e. The lowest BCUT2D eigenvalue weighted by molar-refractivity contribution is 0.0979. The molecule has 5 heteroatoms. The molecule has 0 fully saturated rings. The van der Waals surface area contributed by atoms with Crippen molar-refractivity contribution in [2.45, 2.75) is 12.5 Å². The van der Waals surface area contributed by atoms with E-state index in [0.29, 0.717) is 15.1 Å². The fourth-order valence-electron chi connectivity index (χ4n) is 1.85. The Hall–Kier alpha value is -0.610. The summed E-state index contributed by atoms with van der Waals surface area (Å²) in [5.41, 5.74) is -0.917. The standard InChI is InChI=1S/C14H10BrCl2FO/c1-14(19,8-3-2-4-9(16)7-8)10-5-6-11(15)12(17)13(10)18/h2-7,19H,1H3. The van der Waals surface area contributed by atoms with Gasteiger partial charge in [-0.3, -0.25) is 0 Å². The van der Waals surface area contributed by atoms with Gasteiger partial charge in [0.1, 0.15) is 11.4 Å². The van der Waals surface area contributed by atoms with Gasteiger partial charge in [0.25, 0.3) is 0 Å². The van der Waals surface area contributed by atoms with E-state index in [2.05, 4.69) is 15.9 Å². The Morgan fingerprint density at radius 3 is 2.53 bits per heavy atom. The van der Waals surface area contributed by atoms with Crippen molar-refractivity contribution in [3.8, 4) is 0 Å². The van der Waals surface area contributed by atoms with Crippen LogP contribution in [0.1, 0.15) is 18.1 Å². The minimum atomic E-state index is -1.51. The van der Waals surface area contributed by atoms with Crippen LogP contribution in [-0.4, -0.2) is 5.11 Å². The van der Waals surface area contributed by atoms with Crippen LogP contribution in [0.2, 0.25) is 10.0 Å². The smallest absolute Gasteiger partial charge is 0.149 e. The zero-order chi connectivity index (χ0) is 14.2. The Labute approximate surface area is 129 Å².